The van der Waals surface area contributed by atoms with E-state index >= 15 is 4.39 Å². The summed E-state index contributed by atoms with van der Waals surface area (Å²) in [6.45, 7) is 11.4. The number of hydrogen-bond donors (Lipinski definition) is 5. The number of thiazole rings is 1. The average Bonchev–Trinajstić information content (AvgIpc) is 4.18. The number of phenols is 1. The van der Waals surface area contributed by atoms with Crippen LogP contribution in [0.5, 0.6) is 11.5 Å². The number of amides is 3. The molecule has 0 radical (unpaired) electrons. The number of carbonyl (C=O) groups is 3. The third kappa shape index (κ3) is 12.0. The number of hydrogen-bond acceptors (Lipinski definition) is 16. The molecule has 21 heteroatoms. The van der Waals surface area contributed by atoms with Gasteiger partial charge in [0.15, 0.2) is 5.82 Å². The number of anilines is 2. The van der Waals surface area contributed by atoms with Crippen LogP contribution in [0.25, 0.3) is 43.2 Å². The first-order valence-corrected chi connectivity index (χ1v) is 26.7. The molecule has 4 aromatic carbocycles. The predicted octanol–water partition coefficient (Wildman–Crippen LogP) is 7.46. The van der Waals surface area contributed by atoms with Gasteiger partial charge in [0.1, 0.15) is 47.2 Å². The van der Waals surface area contributed by atoms with Gasteiger partial charge in [-0.3, -0.25) is 14.4 Å². The summed E-state index contributed by atoms with van der Waals surface area (Å²) >= 11 is 8.38. The van der Waals surface area contributed by atoms with E-state index in [2.05, 4.69) is 36.0 Å². The molecule has 3 aromatic heterocycles. The highest BCUT2D eigenvalue weighted by molar-refractivity contribution is 7.13. The lowest BCUT2D eigenvalue weighted by molar-refractivity contribution is -0.141. The van der Waals surface area contributed by atoms with Crippen molar-refractivity contribution in [3.05, 3.63) is 106 Å². The van der Waals surface area contributed by atoms with Gasteiger partial charge in [0.2, 0.25) is 23.7 Å². The molecular formula is C55H62ClFN10O8S. The Morgan fingerprint density at radius 3 is 2.58 bits per heavy atom. The predicted molar refractivity (Wildman–Crippen MR) is 290 cm³/mol. The van der Waals surface area contributed by atoms with E-state index in [0.29, 0.717) is 72.3 Å². The zero-order valence-electron chi connectivity index (χ0n) is 43.1. The van der Waals surface area contributed by atoms with Gasteiger partial charge in [0, 0.05) is 94.8 Å². The molecule has 2 saturated heterocycles. The number of aryl methyl sites for hydroxylation is 2. The SMILES string of the molecule is Cc1cc([C@H](C(=O)N2C[C@H](O)C[C@H]2C(=O)NCc2ccc(-c3scnc3C)cc2OCCOCCN(C)C(=O)CCNc2nc(N3CCNCC3)c3cc(Cl)c(-c4cc(O)cc5ccccc45)c(F)c3n2)C(C)C)on1. The second-order valence-electron chi connectivity index (χ2n) is 19.5. The molecule has 18 nitrogen and oxygen atoms in total. The molecule has 400 valence electrons. The molecule has 2 aliphatic rings. The van der Waals surface area contributed by atoms with Crippen LogP contribution in [0.15, 0.2) is 76.8 Å². The Morgan fingerprint density at radius 2 is 1.83 bits per heavy atom. The number of ether oxygens (including phenoxy) is 2. The van der Waals surface area contributed by atoms with Gasteiger partial charge >= 0.3 is 0 Å². The van der Waals surface area contributed by atoms with E-state index in [1.165, 1.54) is 22.3 Å². The second-order valence-corrected chi connectivity index (χ2v) is 20.8. The number of halogens is 2. The Kier molecular flexibility index (Phi) is 16.9. The number of benzene rings is 4. The van der Waals surface area contributed by atoms with Crippen molar-refractivity contribution in [2.75, 3.05) is 82.9 Å². The maximum atomic E-state index is 16.9. The van der Waals surface area contributed by atoms with Crippen LogP contribution < -0.4 is 25.6 Å². The third-order valence-electron chi connectivity index (χ3n) is 13.8. The highest BCUT2D eigenvalue weighted by atomic mass is 35.5. The number of carbonyl (C=O) groups excluding carboxylic acids is 3. The fraction of sp³-hybridized carbons (Fsp3) is 0.400. The molecule has 0 unspecified atom stereocenters. The smallest absolute Gasteiger partial charge is 0.243 e. The number of aromatic hydroxyl groups is 1. The zero-order chi connectivity index (χ0) is 53.6. The topological polar surface area (TPSA) is 221 Å². The van der Waals surface area contributed by atoms with Gasteiger partial charge in [-0.15, -0.1) is 11.3 Å². The Balaban J connectivity index is 0.799. The average molecular weight is 1080 g/mol. The molecule has 0 bridgehead atoms. The lowest BCUT2D eigenvalue weighted by Gasteiger charge is -2.29. The van der Waals surface area contributed by atoms with Crippen molar-refractivity contribution < 1.29 is 43.0 Å². The molecule has 2 aliphatic heterocycles. The standard InChI is InChI=1S/C55H62ClFN10O8S/c1-31(2)47(45-22-32(3)64-75-45)54(72)67-29-38(69)26-43(67)53(71)60-28-36-11-10-35(51-33(4)61-30-76-51)24-44(36)74-21-20-73-19-18-65(5)46(70)12-13-59-55-62-50-41(52(63-55)66-16-14-58-15-17-66)27-42(56)48(49(50)57)40-25-37(68)23-34-8-6-7-9-39(34)40/h6-11,22-25,27,30-31,38,43,47,58,68-69H,12-21,26,28-29H2,1-5H3,(H,60,71)(H,59,62,63)/t38-,43+,47-/m1/s1. The Bertz CT molecular complexity index is 3240. The normalized spacial score (nSPS) is 16.2. The Morgan fingerprint density at radius 1 is 1.03 bits per heavy atom. The Labute approximate surface area is 448 Å². The molecular weight excluding hydrogens is 1020 g/mol. The first-order valence-electron chi connectivity index (χ1n) is 25.4. The summed E-state index contributed by atoms with van der Waals surface area (Å²) in [5.41, 5.74) is 5.50. The fourth-order valence-corrected chi connectivity index (χ4v) is 10.9. The molecule has 9 rings (SSSR count). The van der Waals surface area contributed by atoms with E-state index in [1.54, 1.807) is 42.6 Å². The molecule has 5 N–H and O–H groups in total. The van der Waals surface area contributed by atoms with Crippen molar-refractivity contribution in [1.82, 2.24) is 40.5 Å². The summed E-state index contributed by atoms with van der Waals surface area (Å²) in [5.74, 6) is -0.717. The highest BCUT2D eigenvalue weighted by Gasteiger charge is 2.43. The van der Waals surface area contributed by atoms with E-state index < -0.39 is 29.8 Å². The maximum Gasteiger partial charge on any atom is 0.243 e. The first-order chi connectivity index (χ1) is 36.6. The summed E-state index contributed by atoms with van der Waals surface area (Å²) < 4.78 is 34.6. The summed E-state index contributed by atoms with van der Waals surface area (Å²) in [6, 6.07) is 18.8. The minimum absolute atomic E-state index is 0.0230. The molecule has 0 spiro atoms. The summed E-state index contributed by atoms with van der Waals surface area (Å²) in [5, 5.41) is 36.8. The lowest BCUT2D eigenvalue weighted by atomic mass is 9.91. The number of rotatable bonds is 20. The van der Waals surface area contributed by atoms with Crippen molar-refractivity contribution in [3.63, 3.8) is 0 Å². The number of likely N-dealkylation sites (N-methyl/N-ethyl adjacent to an activating group) is 1. The van der Waals surface area contributed by atoms with Crippen LogP contribution in [0, 0.1) is 25.6 Å². The van der Waals surface area contributed by atoms with Crippen molar-refractivity contribution in [2.45, 2.75) is 65.1 Å². The molecule has 3 amide bonds. The van der Waals surface area contributed by atoms with Gasteiger partial charge < -0.3 is 54.9 Å². The van der Waals surface area contributed by atoms with Crippen LogP contribution in [0.1, 0.15) is 55.3 Å². The minimum atomic E-state index is -0.888. The molecule has 5 heterocycles. The number of nitrogens with zero attached hydrogens (tertiary/aromatic N) is 7. The molecule has 0 aliphatic carbocycles. The minimum Gasteiger partial charge on any atom is -0.508 e. The third-order valence-corrected chi connectivity index (χ3v) is 15.1. The number of aliphatic hydroxyl groups is 1. The first kappa shape index (κ1) is 53.8. The van der Waals surface area contributed by atoms with E-state index in [4.69, 9.17) is 30.6 Å². The van der Waals surface area contributed by atoms with Crippen LogP contribution in [0.4, 0.5) is 16.2 Å². The van der Waals surface area contributed by atoms with Crippen molar-refractivity contribution in [2.24, 2.45) is 5.92 Å². The molecule has 2 fully saturated rings. The molecule has 76 heavy (non-hydrogen) atoms. The second kappa shape index (κ2) is 23.9. The fourth-order valence-electron chi connectivity index (χ4n) is 9.84. The van der Waals surface area contributed by atoms with Crippen molar-refractivity contribution >= 4 is 74.1 Å². The molecule has 3 atom stereocenters. The van der Waals surface area contributed by atoms with E-state index in [-0.39, 0.29) is 97.8 Å². The summed E-state index contributed by atoms with van der Waals surface area (Å²) in [7, 11) is 1.69. The lowest BCUT2D eigenvalue weighted by Crippen LogP contribution is -2.48. The van der Waals surface area contributed by atoms with Gasteiger partial charge in [-0.25, -0.2) is 14.4 Å². The zero-order valence-corrected chi connectivity index (χ0v) is 44.6. The van der Waals surface area contributed by atoms with Crippen LogP contribution in [0.2, 0.25) is 5.02 Å². The van der Waals surface area contributed by atoms with E-state index in [9.17, 15) is 24.6 Å². The monoisotopic (exact) mass is 1080 g/mol. The number of likely N-dealkylation sites (tertiary alicyclic amines) is 1. The Hall–Kier alpha value is -6.97. The highest BCUT2D eigenvalue weighted by Crippen LogP contribution is 2.43. The molecule has 7 aromatic rings. The van der Waals surface area contributed by atoms with Gasteiger partial charge in [-0.05, 0) is 65.9 Å². The van der Waals surface area contributed by atoms with Crippen molar-refractivity contribution in [1.29, 1.82) is 0 Å². The number of piperazine rings is 1. The summed E-state index contributed by atoms with van der Waals surface area (Å²) in [6.07, 6.45) is -0.670. The number of β-amino-alcohol motifs (C(OH)–C–C–N with tert-alkyl or cyclic N) is 1. The van der Waals surface area contributed by atoms with Gasteiger partial charge in [0.05, 0.1) is 46.1 Å². The van der Waals surface area contributed by atoms with E-state index in [0.717, 1.165) is 26.9 Å². The largest absolute Gasteiger partial charge is 0.508 e. The van der Waals surface area contributed by atoms with Crippen LogP contribution in [-0.2, 0) is 25.7 Å². The number of phenolic OH excluding ortho intramolecular Hbond substituents is 1. The van der Waals surface area contributed by atoms with Gasteiger partial charge in [-0.1, -0.05) is 67.0 Å². The van der Waals surface area contributed by atoms with Crippen LogP contribution >= 0.6 is 22.9 Å². The van der Waals surface area contributed by atoms with E-state index in [1.807, 2.05) is 63.2 Å². The van der Waals surface area contributed by atoms with Gasteiger partial charge in [-0.2, -0.15) is 4.98 Å². The maximum absolute atomic E-state index is 16.9. The van der Waals surface area contributed by atoms with Crippen LogP contribution in [-0.4, -0.2) is 143 Å². The molecule has 0 saturated carbocycles. The number of aliphatic hydroxyl groups excluding tert-OH is 1. The quantitative estimate of drug-likeness (QED) is 0.0468. The van der Waals surface area contributed by atoms with Gasteiger partial charge in [0.25, 0.3) is 0 Å². The van der Waals surface area contributed by atoms with Crippen molar-refractivity contribution in [3.8, 4) is 33.1 Å². The number of fused-ring (bicyclic) bond motifs is 2. The summed E-state index contributed by atoms with van der Waals surface area (Å²) in [4.78, 5) is 61.0. The van der Waals surface area contributed by atoms with Crippen LogP contribution in [0.3, 0.4) is 0 Å². The number of aromatic nitrogens is 4. The number of nitrogens with one attached hydrogen (secondary N) is 3.